The first-order valence-electron chi connectivity index (χ1n) is 6.74. The van der Waals surface area contributed by atoms with Crippen LogP contribution in [0.25, 0.3) is 0 Å². The minimum absolute atomic E-state index is 0. The van der Waals surface area contributed by atoms with Gasteiger partial charge in [0.2, 0.25) is 0 Å². The molecule has 1 unspecified atom stereocenters. The highest BCUT2D eigenvalue weighted by Gasteiger charge is 2.36. The average molecular weight is 372 g/mol. The summed E-state index contributed by atoms with van der Waals surface area (Å²) in [6, 6.07) is 4.10. The minimum atomic E-state index is -3.67. The van der Waals surface area contributed by atoms with E-state index >= 15 is 0 Å². The number of nitrogens with two attached hydrogens (primary N) is 1. The SMILES string of the molecule is CN(Cc1c(F)cccc1Cl)S(=O)(=O)N1CCCC1CN.Cl. The van der Waals surface area contributed by atoms with E-state index in [1.807, 2.05) is 0 Å². The van der Waals surface area contributed by atoms with Gasteiger partial charge in [-0.15, -0.1) is 12.4 Å². The summed E-state index contributed by atoms with van der Waals surface area (Å²) in [5, 5.41) is 0.217. The Balaban J connectivity index is 0.00000242. The second-order valence-electron chi connectivity index (χ2n) is 5.11. The van der Waals surface area contributed by atoms with Gasteiger partial charge in [-0.1, -0.05) is 17.7 Å². The highest BCUT2D eigenvalue weighted by Crippen LogP contribution is 2.25. The molecule has 0 spiro atoms. The second-order valence-corrected chi connectivity index (χ2v) is 7.50. The third-order valence-corrected chi connectivity index (χ3v) is 6.07. The van der Waals surface area contributed by atoms with Crippen LogP contribution in [0.15, 0.2) is 18.2 Å². The molecule has 126 valence electrons. The van der Waals surface area contributed by atoms with Gasteiger partial charge in [0.1, 0.15) is 5.82 Å². The van der Waals surface area contributed by atoms with Crippen molar-refractivity contribution in [3.05, 3.63) is 34.6 Å². The zero-order valence-corrected chi connectivity index (χ0v) is 14.6. The number of hydrogen-bond acceptors (Lipinski definition) is 3. The summed E-state index contributed by atoms with van der Waals surface area (Å²) in [5.74, 6) is -0.513. The molecule has 1 atom stereocenters. The van der Waals surface area contributed by atoms with Gasteiger partial charge in [-0.05, 0) is 25.0 Å². The van der Waals surface area contributed by atoms with Crippen molar-refractivity contribution in [2.45, 2.75) is 25.4 Å². The number of rotatable bonds is 5. The highest BCUT2D eigenvalue weighted by atomic mass is 35.5. The molecule has 1 fully saturated rings. The van der Waals surface area contributed by atoms with E-state index in [2.05, 4.69) is 0 Å². The number of benzene rings is 1. The van der Waals surface area contributed by atoms with Crippen molar-refractivity contribution in [2.75, 3.05) is 20.1 Å². The smallest absolute Gasteiger partial charge is 0.282 e. The van der Waals surface area contributed by atoms with E-state index in [1.165, 1.54) is 23.5 Å². The van der Waals surface area contributed by atoms with Crippen molar-refractivity contribution in [3.63, 3.8) is 0 Å². The largest absolute Gasteiger partial charge is 0.329 e. The minimum Gasteiger partial charge on any atom is -0.329 e. The Kier molecular flexibility index (Phi) is 7.04. The molecule has 5 nitrogen and oxygen atoms in total. The molecule has 1 aliphatic rings. The molecule has 1 saturated heterocycles. The summed E-state index contributed by atoms with van der Waals surface area (Å²) in [6.45, 7) is 0.620. The highest BCUT2D eigenvalue weighted by molar-refractivity contribution is 7.86. The molecule has 1 heterocycles. The summed E-state index contributed by atoms with van der Waals surface area (Å²) in [4.78, 5) is 0. The molecule has 0 bridgehead atoms. The number of hydrogen-bond donors (Lipinski definition) is 1. The van der Waals surface area contributed by atoms with E-state index in [4.69, 9.17) is 17.3 Å². The molecule has 0 aliphatic carbocycles. The predicted molar refractivity (Wildman–Crippen MR) is 87.8 cm³/mol. The van der Waals surface area contributed by atoms with Crippen molar-refractivity contribution < 1.29 is 12.8 Å². The fraction of sp³-hybridized carbons (Fsp3) is 0.538. The zero-order valence-electron chi connectivity index (χ0n) is 12.2. The van der Waals surface area contributed by atoms with Gasteiger partial charge in [-0.2, -0.15) is 17.0 Å². The van der Waals surface area contributed by atoms with Gasteiger partial charge in [0.05, 0.1) is 0 Å². The first kappa shape index (κ1) is 19.6. The lowest BCUT2D eigenvalue weighted by molar-refractivity contribution is 0.342. The molecular weight excluding hydrogens is 352 g/mol. The maximum absolute atomic E-state index is 13.8. The van der Waals surface area contributed by atoms with Crippen LogP contribution in [0.5, 0.6) is 0 Å². The normalized spacial score (nSPS) is 19.4. The summed E-state index contributed by atoms with van der Waals surface area (Å²) in [7, 11) is -2.25. The van der Waals surface area contributed by atoms with Crippen molar-refractivity contribution in [3.8, 4) is 0 Å². The Morgan fingerprint density at radius 3 is 2.77 bits per heavy atom. The summed E-state index contributed by atoms with van der Waals surface area (Å²) < 4.78 is 41.4. The van der Waals surface area contributed by atoms with E-state index < -0.39 is 16.0 Å². The number of nitrogens with zero attached hydrogens (tertiary/aromatic N) is 2. The molecule has 22 heavy (non-hydrogen) atoms. The molecule has 1 aromatic rings. The monoisotopic (exact) mass is 371 g/mol. The second kappa shape index (κ2) is 7.90. The Morgan fingerprint density at radius 1 is 1.50 bits per heavy atom. The Hall–Kier alpha value is -0.440. The van der Waals surface area contributed by atoms with E-state index in [-0.39, 0.29) is 42.1 Å². The standard InChI is InChI=1S/C13H19ClFN3O2S.ClH/c1-17(9-11-12(14)5-2-6-13(11)15)21(19,20)18-7-3-4-10(18)8-16;/h2,5-6,10H,3-4,7-9,16H2,1H3;1H. The molecule has 0 aromatic heterocycles. The molecule has 0 saturated carbocycles. The molecule has 0 radical (unpaired) electrons. The van der Waals surface area contributed by atoms with Gasteiger partial charge in [0.25, 0.3) is 10.2 Å². The maximum atomic E-state index is 13.8. The van der Waals surface area contributed by atoms with Crippen LogP contribution in [-0.2, 0) is 16.8 Å². The maximum Gasteiger partial charge on any atom is 0.282 e. The van der Waals surface area contributed by atoms with Crippen molar-refractivity contribution in [1.29, 1.82) is 0 Å². The topological polar surface area (TPSA) is 66.6 Å². The van der Waals surface area contributed by atoms with Crippen LogP contribution >= 0.6 is 24.0 Å². The predicted octanol–water partition coefficient (Wildman–Crippen LogP) is 2.00. The molecule has 0 amide bonds. The Bertz CT molecular complexity index is 595. The van der Waals surface area contributed by atoms with Crippen LogP contribution in [0.3, 0.4) is 0 Å². The van der Waals surface area contributed by atoms with Gasteiger partial charge >= 0.3 is 0 Å². The fourth-order valence-corrected chi connectivity index (χ4v) is 4.32. The van der Waals surface area contributed by atoms with Crippen LogP contribution in [-0.4, -0.2) is 43.2 Å². The number of halogens is 3. The van der Waals surface area contributed by atoms with E-state index in [9.17, 15) is 12.8 Å². The van der Waals surface area contributed by atoms with Gasteiger partial charge in [0.15, 0.2) is 0 Å². The zero-order chi connectivity index (χ0) is 15.6. The molecule has 1 aromatic carbocycles. The molecule has 1 aliphatic heterocycles. The fourth-order valence-electron chi connectivity index (χ4n) is 2.52. The molecule has 9 heteroatoms. The lowest BCUT2D eigenvalue weighted by atomic mass is 10.2. The van der Waals surface area contributed by atoms with Crippen LogP contribution in [0, 0.1) is 5.82 Å². The van der Waals surface area contributed by atoms with E-state index in [0.29, 0.717) is 6.54 Å². The van der Waals surface area contributed by atoms with E-state index in [1.54, 1.807) is 6.07 Å². The quantitative estimate of drug-likeness (QED) is 0.860. The van der Waals surface area contributed by atoms with Crippen LogP contribution in [0.2, 0.25) is 5.02 Å². The first-order chi connectivity index (χ1) is 9.87. The summed E-state index contributed by atoms with van der Waals surface area (Å²) in [5.41, 5.74) is 5.79. The third kappa shape index (κ3) is 3.90. The average Bonchev–Trinajstić information content (AvgIpc) is 2.92. The van der Waals surface area contributed by atoms with Crippen LogP contribution in [0.4, 0.5) is 4.39 Å². The lowest BCUT2D eigenvalue weighted by Crippen LogP contribution is -2.46. The van der Waals surface area contributed by atoms with Crippen LogP contribution < -0.4 is 5.73 Å². The van der Waals surface area contributed by atoms with Gasteiger partial charge in [0, 0.05) is 43.3 Å². The van der Waals surface area contributed by atoms with Gasteiger partial charge in [-0.3, -0.25) is 0 Å². The molecular formula is C13H20Cl2FN3O2S. The van der Waals surface area contributed by atoms with Crippen molar-refractivity contribution in [2.24, 2.45) is 5.73 Å². The molecule has 2 N–H and O–H groups in total. The van der Waals surface area contributed by atoms with Crippen molar-refractivity contribution in [1.82, 2.24) is 8.61 Å². The summed E-state index contributed by atoms with van der Waals surface area (Å²) >= 11 is 5.94. The Morgan fingerprint density at radius 2 is 2.18 bits per heavy atom. The third-order valence-electron chi connectivity index (χ3n) is 3.73. The van der Waals surface area contributed by atoms with Gasteiger partial charge < -0.3 is 5.73 Å². The van der Waals surface area contributed by atoms with E-state index in [0.717, 1.165) is 17.1 Å². The summed E-state index contributed by atoms with van der Waals surface area (Å²) in [6.07, 6.45) is 1.54. The van der Waals surface area contributed by atoms with Crippen molar-refractivity contribution >= 4 is 34.2 Å². The van der Waals surface area contributed by atoms with Crippen LogP contribution in [0.1, 0.15) is 18.4 Å². The Labute approximate surface area is 141 Å². The first-order valence-corrected chi connectivity index (χ1v) is 8.51. The van der Waals surface area contributed by atoms with Gasteiger partial charge in [-0.25, -0.2) is 4.39 Å². The lowest BCUT2D eigenvalue weighted by Gasteiger charge is -2.28. The molecule has 2 rings (SSSR count).